The Morgan fingerprint density at radius 1 is 1.18 bits per heavy atom. The van der Waals surface area contributed by atoms with Crippen LogP contribution < -0.4 is 27.2 Å². The normalized spacial score (nSPS) is 24.9. The molecule has 1 amide bonds. The van der Waals surface area contributed by atoms with Gasteiger partial charge < -0.3 is 16.4 Å². The van der Waals surface area contributed by atoms with E-state index < -0.39 is 6.04 Å². The molecule has 2 heterocycles. The summed E-state index contributed by atoms with van der Waals surface area (Å²) < 4.78 is 0. The first kappa shape index (κ1) is 23.2. The van der Waals surface area contributed by atoms with Crippen molar-refractivity contribution in [2.45, 2.75) is 42.8 Å². The molecular formula is C24H28ClN7OS. The molecule has 1 aromatic heterocycles. The van der Waals surface area contributed by atoms with Crippen molar-refractivity contribution in [3.63, 3.8) is 0 Å². The lowest BCUT2D eigenvalue weighted by Gasteiger charge is -2.35. The molecule has 1 saturated heterocycles. The van der Waals surface area contributed by atoms with Crippen LogP contribution in [0.3, 0.4) is 0 Å². The number of rotatable bonds is 7. The maximum Gasteiger partial charge on any atom is 0.241 e. The Labute approximate surface area is 207 Å². The molecule has 3 aromatic rings. The van der Waals surface area contributed by atoms with Crippen LogP contribution in [0.15, 0.2) is 54.6 Å². The van der Waals surface area contributed by atoms with E-state index in [1.165, 1.54) is 11.3 Å². The molecule has 0 spiro atoms. The number of nitrogens with zero attached hydrogens (tertiary/aromatic N) is 2. The molecule has 2 aromatic carbocycles. The van der Waals surface area contributed by atoms with Crippen molar-refractivity contribution in [3.05, 3.63) is 60.2 Å². The van der Waals surface area contributed by atoms with Crippen molar-refractivity contribution in [2.24, 2.45) is 11.7 Å². The summed E-state index contributed by atoms with van der Waals surface area (Å²) in [5, 5.41) is 16.6. The minimum absolute atomic E-state index is 0.0206. The molecule has 1 aliphatic carbocycles. The van der Waals surface area contributed by atoms with Gasteiger partial charge in [0.25, 0.3) is 0 Å². The van der Waals surface area contributed by atoms with Crippen molar-refractivity contribution in [3.8, 4) is 10.6 Å². The molecule has 0 radical (unpaired) electrons. The largest absolute Gasteiger partial charge is 0.356 e. The first-order valence-corrected chi connectivity index (χ1v) is 12.8. The Bertz CT molecular complexity index is 1130. The summed E-state index contributed by atoms with van der Waals surface area (Å²) in [5.74, 6) is 0.175. The number of alkyl halides is 1. The van der Waals surface area contributed by atoms with Crippen LogP contribution >= 0.6 is 22.9 Å². The Morgan fingerprint density at radius 3 is 2.88 bits per heavy atom. The second-order valence-electron chi connectivity index (χ2n) is 8.85. The summed E-state index contributed by atoms with van der Waals surface area (Å²) in [4.78, 5) is 12.6. The number of anilines is 2. The number of amides is 1. The highest BCUT2D eigenvalue weighted by Crippen LogP contribution is 2.34. The van der Waals surface area contributed by atoms with Gasteiger partial charge in [0.2, 0.25) is 11.0 Å². The van der Waals surface area contributed by atoms with Gasteiger partial charge in [-0.3, -0.25) is 15.6 Å². The van der Waals surface area contributed by atoms with E-state index in [0.29, 0.717) is 24.1 Å². The summed E-state index contributed by atoms with van der Waals surface area (Å²) in [7, 11) is 0. The summed E-state index contributed by atoms with van der Waals surface area (Å²) in [6.07, 6.45) is 2.52. The highest BCUT2D eigenvalue weighted by atomic mass is 35.5. The fourth-order valence-corrected chi connectivity index (χ4v) is 5.88. The standard InChI is InChI=1S/C24H28ClN7OS/c25-21-17-13-27-30-19(17)9-10-20(21)29-24-32-31-23(34-24)15-7-4-8-16(12-15)28-22(33)18(26)11-14-5-2-1-3-6-14/h1-8,12,17-21,27,30H,9-11,13,26H2,(H,28,33)(H,29,32)/t17?,18-,19?,20?,21?/m0/s1. The highest BCUT2D eigenvalue weighted by molar-refractivity contribution is 7.18. The number of nitrogens with one attached hydrogen (secondary N) is 4. The SMILES string of the molecule is N[C@@H](Cc1ccccc1)C(=O)Nc1cccc(-c2nnc(NC3CCC4NNCC4C3Cl)s2)c1. The lowest BCUT2D eigenvalue weighted by molar-refractivity contribution is -0.117. The predicted octanol–water partition coefficient (Wildman–Crippen LogP) is 2.99. The van der Waals surface area contributed by atoms with Crippen molar-refractivity contribution >= 4 is 39.7 Å². The van der Waals surface area contributed by atoms with Crippen LogP contribution in [-0.4, -0.2) is 46.2 Å². The predicted molar refractivity (Wildman–Crippen MR) is 137 cm³/mol. The number of carbonyl (C=O) groups is 1. The molecule has 6 N–H and O–H groups in total. The van der Waals surface area contributed by atoms with Gasteiger partial charge in [-0.2, -0.15) is 0 Å². The fraction of sp³-hybridized carbons (Fsp3) is 0.375. The van der Waals surface area contributed by atoms with Crippen LogP contribution in [0.25, 0.3) is 10.6 Å². The zero-order valence-electron chi connectivity index (χ0n) is 18.6. The Hall–Kier alpha value is -2.56. The van der Waals surface area contributed by atoms with Crippen LogP contribution in [0.2, 0.25) is 0 Å². The molecule has 5 atom stereocenters. The zero-order chi connectivity index (χ0) is 23.5. The molecule has 178 valence electrons. The first-order chi connectivity index (χ1) is 16.6. The van der Waals surface area contributed by atoms with E-state index >= 15 is 0 Å². The van der Waals surface area contributed by atoms with E-state index in [2.05, 4.69) is 31.7 Å². The minimum atomic E-state index is -0.632. The van der Waals surface area contributed by atoms with E-state index in [4.69, 9.17) is 17.3 Å². The number of hydrogen-bond donors (Lipinski definition) is 5. The summed E-state index contributed by atoms with van der Waals surface area (Å²) in [5.41, 5.74) is 15.2. The number of fused-ring (bicyclic) bond motifs is 1. The van der Waals surface area contributed by atoms with Gasteiger partial charge in [0.15, 0.2) is 0 Å². The van der Waals surface area contributed by atoms with Gasteiger partial charge in [-0.25, -0.2) is 0 Å². The molecule has 1 aliphatic heterocycles. The molecule has 2 fully saturated rings. The topological polar surface area (TPSA) is 117 Å². The van der Waals surface area contributed by atoms with Crippen LogP contribution in [0.1, 0.15) is 18.4 Å². The third-order valence-corrected chi connectivity index (χ3v) is 8.00. The first-order valence-electron chi connectivity index (χ1n) is 11.5. The van der Waals surface area contributed by atoms with Crippen molar-refractivity contribution in [1.29, 1.82) is 0 Å². The number of carbonyl (C=O) groups excluding carboxylic acids is 1. The lowest BCUT2D eigenvalue weighted by Crippen LogP contribution is -2.47. The maximum absolute atomic E-state index is 12.6. The van der Waals surface area contributed by atoms with Crippen molar-refractivity contribution in [1.82, 2.24) is 21.0 Å². The molecule has 34 heavy (non-hydrogen) atoms. The monoisotopic (exact) mass is 497 g/mol. The average Bonchev–Trinajstić information content (AvgIpc) is 3.52. The Morgan fingerprint density at radius 2 is 2.03 bits per heavy atom. The summed E-state index contributed by atoms with van der Waals surface area (Å²) in [6, 6.07) is 17.3. The third-order valence-electron chi connectivity index (χ3n) is 6.47. The van der Waals surface area contributed by atoms with Gasteiger partial charge in [-0.1, -0.05) is 53.8 Å². The number of aromatic nitrogens is 2. The van der Waals surface area contributed by atoms with Gasteiger partial charge in [0, 0.05) is 35.8 Å². The number of halogens is 1. The molecule has 2 aliphatic rings. The smallest absolute Gasteiger partial charge is 0.241 e. The quantitative estimate of drug-likeness (QED) is 0.318. The molecular weight excluding hydrogens is 470 g/mol. The van der Waals surface area contributed by atoms with Crippen LogP contribution in [-0.2, 0) is 11.2 Å². The van der Waals surface area contributed by atoms with E-state index in [0.717, 1.165) is 40.7 Å². The van der Waals surface area contributed by atoms with Gasteiger partial charge in [0.05, 0.1) is 11.4 Å². The molecule has 8 nitrogen and oxygen atoms in total. The van der Waals surface area contributed by atoms with Crippen LogP contribution in [0, 0.1) is 5.92 Å². The second-order valence-corrected chi connectivity index (χ2v) is 10.3. The average molecular weight is 498 g/mol. The van der Waals surface area contributed by atoms with E-state index in [1.54, 1.807) is 0 Å². The molecule has 5 rings (SSSR count). The third kappa shape index (κ3) is 5.24. The number of benzene rings is 2. The van der Waals surface area contributed by atoms with Crippen molar-refractivity contribution < 1.29 is 4.79 Å². The van der Waals surface area contributed by atoms with Gasteiger partial charge in [-0.05, 0) is 37.0 Å². The highest BCUT2D eigenvalue weighted by Gasteiger charge is 2.41. The van der Waals surface area contributed by atoms with E-state index in [-0.39, 0.29) is 17.3 Å². The summed E-state index contributed by atoms with van der Waals surface area (Å²) in [6.45, 7) is 0.881. The van der Waals surface area contributed by atoms with Crippen LogP contribution in [0.4, 0.5) is 10.8 Å². The Kier molecular flexibility index (Phi) is 7.07. The minimum Gasteiger partial charge on any atom is -0.356 e. The van der Waals surface area contributed by atoms with Crippen LogP contribution in [0.5, 0.6) is 0 Å². The number of hydrazine groups is 1. The van der Waals surface area contributed by atoms with Gasteiger partial charge in [0.1, 0.15) is 5.01 Å². The Balaban J connectivity index is 1.21. The van der Waals surface area contributed by atoms with Crippen molar-refractivity contribution in [2.75, 3.05) is 17.2 Å². The zero-order valence-corrected chi connectivity index (χ0v) is 20.1. The molecule has 10 heteroatoms. The molecule has 4 unspecified atom stereocenters. The maximum atomic E-state index is 12.6. The lowest BCUT2D eigenvalue weighted by atomic mass is 9.82. The van der Waals surface area contributed by atoms with E-state index in [9.17, 15) is 4.79 Å². The second kappa shape index (κ2) is 10.4. The number of hydrogen-bond acceptors (Lipinski definition) is 8. The van der Waals surface area contributed by atoms with Gasteiger partial charge >= 0.3 is 0 Å². The summed E-state index contributed by atoms with van der Waals surface area (Å²) >= 11 is 8.25. The van der Waals surface area contributed by atoms with E-state index in [1.807, 2.05) is 54.6 Å². The van der Waals surface area contributed by atoms with Gasteiger partial charge in [-0.15, -0.1) is 21.8 Å². The molecule has 0 bridgehead atoms. The fourth-order valence-electron chi connectivity index (χ4n) is 4.63. The molecule has 1 saturated carbocycles. The number of nitrogens with two attached hydrogens (primary N) is 1.